The van der Waals surface area contributed by atoms with Crippen LogP contribution in [0.5, 0.6) is 0 Å². The third-order valence-corrected chi connectivity index (χ3v) is 3.52. The minimum absolute atomic E-state index is 0.0827. The van der Waals surface area contributed by atoms with Crippen LogP contribution in [0.15, 0.2) is 0 Å². The molecule has 0 N–H and O–H groups in total. The van der Waals surface area contributed by atoms with E-state index in [1.807, 2.05) is 0 Å². The van der Waals surface area contributed by atoms with E-state index in [9.17, 15) is 4.79 Å². The molecule has 0 aromatic rings. The third-order valence-electron chi connectivity index (χ3n) is 3.52. The van der Waals surface area contributed by atoms with Gasteiger partial charge in [-0.2, -0.15) is 0 Å². The van der Waals surface area contributed by atoms with E-state index in [2.05, 4.69) is 4.90 Å². The molecule has 16 heavy (non-hydrogen) atoms. The average molecular weight is 228 g/mol. The summed E-state index contributed by atoms with van der Waals surface area (Å²) in [7, 11) is 3.20. The Morgan fingerprint density at radius 3 is 2.81 bits per heavy atom. The molecule has 0 radical (unpaired) electrons. The lowest BCUT2D eigenvalue weighted by Crippen LogP contribution is -2.54. The summed E-state index contributed by atoms with van der Waals surface area (Å²) in [5.41, 5.74) is 0. The second kappa shape index (κ2) is 5.12. The lowest BCUT2D eigenvalue weighted by Gasteiger charge is -2.42. The van der Waals surface area contributed by atoms with Gasteiger partial charge in [-0.05, 0) is 19.4 Å². The summed E-state index contributed by atoms with van der Waals surface area (Å²) in [5, 5.41) is 1.34. The van der Waals surface area contributed by atoms with Gasteiger partial charge in [-0.3, -0.25) is 14.5 Å². The number of likely N-dealkylation sites (tertiary alicyclic amines) is 1. The van der Waals surface area contributed by atoms with Crippen molar-refractivity contribution in [3.05, 3.63) is 0 Å². The average Bonchev–Trinajstić information content (AvgIpc) is 2.25. The molecule has 1 unspecified atom stereocenters. The lowest BCUT2D eigenvalue weighted by atomic mass is 9.95. The monoisotopic (exact) mass is 228 g/mol. The van der Waals surface area contributed by atoms with Crippen LogP contribution < -0.4 is 0 Å². The van der Waals surface area contributed by atoms with E-state index in [1.165, 1.54) is 12.2 Å². The summed E-state index contributed by atoms with van der Waals surface area (Å²) in [4.78, 5) is 19.3. The van der Waals surface area contributed by atoms with Gasteiger partial charge in [0.15, 0.2) is 0 Å². The van der Waals surface area contributed by atoms with Crippen LogP contribution in [-0.4, -0.2) is 62.4 Å². The van der Waals surface area contributed by atoms with Gasteiger partial charge in [0.25, 0.3) is 0 Å². The van der Waals surface area contributed by atoms with Gasteiger partial charge in [-0.1, -0.05) is 0 Å². The van der Waals surface area contributed by atoms with Crippen molar-refractivity contribution >= 4 is 5.91 Å². The first kappa shape index (κ1) is 11.8. The number of carbonyl (C=O) groups excluding carboxylic acids is 1. The molecule has 5 nitrogen and oxygen atoms in total. The second-order valence-corrected chi connectivity index (χ2v) is 4.54. The molecule has 92 valence electrons. The number of hydroxylamine groups is 2. The van der Waals surface area contributed by atoms with E-state index in [4.69, 9.17) is 9.57 Å². The zero-order valence-corrected chi connectivity index (χ0v) is 10.0. The topological polar surface area (TPSA) is 42.0 Å². The zero-order valence-electron chi connectivity index (χ0n) is 10.0. The van der Waals surface area contributed by atoms with Crippen molar-refractivity contribution in [3.63, 3.8) is 0 Å². The molecule has 1 atom stereocenters. The number of hydrogen-bond donors (Lipinski definition) is 0. The molecule has 0 aromatic heterocycles. The molecule has 2 rings (SSSR count). The highest BCUT2D eigenvalue weighted by molar-refractivity contribution is 5.77. The Labute approximate surface area is 96.2 Å². The number of carbonyl (C=O) groups is 1. The fraction of sp³-hybridized carbons (Fsp3) is 0.909. The molecular formula is C11H20N2O3. The fourth-order valence-corrected chi connectivity index (χ4v) is 2.32. The maximum Gasteiger partial charge on any atom is 0.250 e. The first-order valence-corrected chi connectivity index (χ1v) is 5.86. The molecule has 2 aliphatic heterocycles. The molecule has 0 aliphatic carbocycles. The molecular weight excluding hydrogens is 208 g/mol. The Kier molecular flexibility index (Phi) is 3.78. The molecule has 2 saturated heterocycles. The number of hydrogen-bond acceptors (Lipinski definition) is 4. The van der Waals surface area contributed by atoms with Gasteiger partial charge in [0, 0.05) is 13.6 Å². The molecule has 0 bridgehead atoms. The maximum atomic E-state index is 11.9. The van der Waals surface area contributed by atoms with Gasteiger partial charge in [0.1, 0.15) is 0 Å². The fourth-order valence-electron chi connectivity index (χ4n) is 2.32. The van der Waals surface area contributed by atoms with Crippen LogP contribution in [-0.2, 0) is 14.4 Å². The number of ether oxygens (including phenoxy) is 1. The highest BCUT2D eigenvalue weighted by Crippen LogP contribution is 2.22. The predicted octanol–water partition coefficient (Wildman–Crippen LogP) is 0.117. The number of amides is 1. The van der Waals surface area contributed by atoms with Gasteiger partial charge in [-0.25, -0.2) is 5.06 Å². The molecule has 0 aromatic carbocycles. The quantitative estimate of drug-likeness (QED) is 0.643. The summed E-state index contributed by atoms with van der Waals surface area (Å²) in [6.07, 6.45) is 2.06. The van der Waals surface area contributed by atoms with Crippen molar-refractivity contribution in [2.24, 2.45) is 5.92 Å². The Morgan fingerprint density at radius 2 is 2.25 bits per heavy atom. The van der Waals surface area contributed by atoms with E-state index >= 15 is 0 Å². The molecule has 2 fully saturated rings. The summed E-state index contributed by atoms with van der Waals surface area (Å²) in [6.45, 7) is 3.58. The van der Waals surface area contributed by atoms with Crippen molar-refractivity contribution in [1.82, 2.24) is 9.96 Å². The minimum atomic E-state index is 0.0827. The summed E-state index contributed by atoms with van der Waals surface area (Å²) < 4.78 is 5.19. The summed E-state index contributed by atoms with van der Waals surface area (Å²) >= 11 is 0. The third kappa shape index (κ3) is 2.36. The van der Waals surface area contributed by atoms with Gasteiger partial charge in [-0.15, -0.1) is 0 Å². The lowest BCUT2D eigenvalue weighted by molar-refractivity contribution is -0.176. The van der Waals surface area contributed by atoms with Crippen LogP contribution in [0.25, 0.3) is 0 Å². The first-order valence-electron chi connectivity index (χ1n) is 5.86. The molecule has 5 heteroatoms. The van der Waals surface area contributed by atoms with Gasteiger partial charge >= 0.3 is 0 Å². The van der Waals surface area contributed by atoms with Gasteiger partial charge in [0.2, 0.25) is 5.91 Å². The highest BCUT2D eigenvalue weighted by atomic mass is 16.7. The highest BCUT2D eigenvalue weighted by Gasteiger charge is 2.34. The van der Waals surface area contributed by atoms with E-state index < -0.39 is 0 Å². The van der Waals surface area contributed by atoms with Gasteiger partial charge < -0.3 is 4.74 Å². The van der Waals surface area contributed by atoms with E-state index in [0.29, 0.717) is 6.04 Å². The van der Waals surface area contributed by atoms with E-state index in [1.54, 1.807) is 7.05 Å². The smallest absolute Gasteiger partial charge is 0.250 e. The van der Waals surface area contributed by atoms with E-state index in [0.717, 1.165) is 39.1 Å². The molecule has 2 aliphatic rings. The van der Waals surface area contributed by atoms with Crippen LogP contribution in [0.1, 0.15) is 12.8 Å². The van der Waals surface area contributed by atoms with Crippen molar-refractivity contribution < 1.29 is 14.4 Å². The Balaban J connectivity index is 1.88. The van der Waals surface area contributed by atoms with Crippen LogP contribution in [0.2, 0.25) is 0 Å². The van der Waals surface area contributed by atoms with Crippen molar-refractivity contribution in [2.45, 2.75) is 18.9 Å². The summed E-state index contributed by atoms with van der Waals surface area (Å²) in [5.74, 6) is 0.173. The molecule has 0 spiro atoms. The maximum absolute atomic E-state index is 11.9. The predicted molar refractivity (Wildman–Crippen MR) is 58.7 cm³/mol. The number of nitrogens with zero attached hydrogens (tertiary/aromatic N) is 2. The standard InChI is InChI=1S/C11H20N2O3/c1-12(15-2)11(14)9-4-3-5-13(6-9)10-7-16-8-10/h9-10H,3-8H2,1-2H3. The van der Waals surface area contributed by atoms with Crippen molar-refractivity contribution in [1.29, 1.82) is 0 Å². The second-order valence-electron chi connectivity index (χ2n) is 4.54. The van der Waals surface area contributed by atoms with Crippen LogP contribution in [0, 0.1) is 5.92 Å². The normalized spacial score (nSPS) is 27.5. The number of piperidine rings is 1. The largest absolute Gasteiger partial charge is 0.378 e. The Hall–Kier alpha value is -0.650. The van der Waals surface area contributed by atoms with Gasteiger partial charge in [0.05, 0.1) is 32.3 Å². The molecule has 2 heterocycles. The molecule has 1 amide bonds. The summed E-state index contributed by atoms with van der Waals surface area (Å²) in [6, 6.07) is 0.531. The zero-order chi connectivity index (χ0) is 11.5. The van der Waals surface area contributed by atoms with Crippen LogP contribution in [0.4, 0.5) is 0 Å². The van der Waals surface area contributed by atoms with Crippen molar-refractivity contribution in [3.8, 4) is 0 Å². The van der Waals surface area contributed by atoms with Crippen molar-refractivity contribution in [2.75, 3.05) is 40.5 Å². The van der Waals surface area contributed by atoms with E-state index in [-0.39, 0.29) is 11.8 Å². The Morgan fingerprint density at radius 1 is 1.50 bits per heavy atom. The minimum Gasteiger partial charge on any atom is -0.378 e. The molecule has 0 saturated carbocycles. The van der Waals surface area contributed by atoms with Crippen LogP contribution >= 0.6 is 0 Å². The van der Waals surface area contributed by atoms with Crippen LogP contribution in [0.3, 0.4) is 0 Å². The number of rotatable bonds is 3. The SMILES string of the molecule is CON(C)C(=O)C1CCCN(C2COC2)C1. The first-order chi connectivity index (χ1) is 7.72. The Bertz CT molecular complexity index is 256.